The summed E-state index contributed by atoms with van der Waals surface area (Å²) in [6, 6.07) is 0. The summed E-state index contributed by atoms with van der Waals surface area (Å²) in [6.07, 6.45) is 5.49. The maximum atomic E-state index is 3.74. The van der Waals surface area contributed by atoms with E-state index in [9.17, 15) is 0 Å². The van der Waals surface area contributed by atoms with Gasteiger partial charge in [0.25, 0.3) is 0 Å². The molecule has 0 atom stereocenters. The molecule has 0 nitrogen and oxygen atoms in total. The van der Waals surface area contributed by atoms with Crippen molar-refractivity contribution in [1.82, 2.24) is 0 Å². The summed E-state index contributed by atoms with van der Waals surface area (Å²) in [5.74, 6) is 7.13. The van der Waals surface area contributed by atoms with Gasteiger partial charge in [0, 0.05) is 12.8 Å². The van der Waals surface area contributed by atoms with Crippen LogP contribution < -0.4 is 0 Å². The van der Waals surface area contributed by atoms with Crippen molar-refractivity contribution >= 4 is 0 Å². The molecular formula is C11H19. The van der Waals surface area contributed by atoms with Crippen LogP contribution in [0, 0.1) is 24.7 Å². The average Bonchev–Trinajstić information content (AvgIpc) is 2.05. The van der Waals surface area contributed by atoms with E-state index >= 15 is 0 Å². The largest absolute Gasteiger partial charge is 0.103 e. The number of hydrogen-bond acceptors (Lipinski definition) is 0. The minimum atomic E-state index is 0.812. The predicted molar refractivity (Wildman–Crippen MR) is 51.1 cm³/mol. The lowest BCUT2D eigenvalue weighted by Crippen LogP contribution is -1.93. The number of hydrogen-bond donors (Lipinski definition) is 0. The second-order valence-electron chi connectivity index (χ2n) is 2.84. The lowest BCUT2D eigenvalue weighted by Gasteiger charge is -2.05. The quantitative estimate of drug-likeness (QED) is 0.540. The van der Waals surface area contributed by atoms with Gasteiger partial charge >= 0.3 is 0 Å². The van der Waals surface area contributed by atoms with Crippen molar-refractivity contribution in [2.45, 2.75) is 46.0 Å². The monoisotopic (exact) mass is 151 g/mol. The van der Waals surface area contributed by atoms with Gasteiger partial charge in [0.1, 0.15) is 0 Å². The van der Waals surface area contributed by atoms with E-state index in [1.54, 1.807) is 0 Å². The first-order valence-electron chi connectivity index (χ1n) is 4.60. The molecule has 0 N–H and O–H groups in total. The van der Waals surface area contributed by atoms with E-state index in [-0.39, 0.29) is 0 Å². The van der Waals surface area contributed by atoms with Crippen LogP contribution in [0.25, 0.3) is 0 Å². The Morgan fingerprint density at radius 3 is 2.27 bits per heavy atom. The van der Waals surface area contributed by atoms with Crippen molar-refractivity contribution in [2.24, 2.45) is 5.92 Å². The van der Waals surface area contributed by atoms with E-state index in [0.29, 0.717) is 0 Å². The van der Waals surface area contributed by atoms with Gasteiger partial charge in [-0.3, -0.25) is 0 Å². The van der Waals surface area contributed by atoms with Gasteiger partial charge < -0.3 is 0 Å². The highest BCUT2D eigenvalue weighted by atomic mass is 14.0. The first kappa shape index (κ1) is 10.6. The van der Waals surface area contributed by atoms with Crippen LogP contribution in [0.3, 0.4) is 0 Å². The van der Waals surface area contributed by atoms with Crippen LogP contribution in [0.5, 0.6) is 0 Å². The molecule has 0 saturated heterocycles. The third kappa shape index (κ3) is 5.98. The zero-order valence-corrected chi connectivity index (χ0v) is 7.82. The minimum Gasteiger partial charge on any atom is -0.103 e. The van der Waals surface area contributed by atoms with Crippen molar-refractivity contribution in [3.8, 4) is 11.8 Å². The van der Waals surface area contributed by atoms with Gasteiger partial charge in [-0.15, -0.1) is 11.8 Å². The smallest absolute Gasteiger partial charge is 0.0117 e. The summed E-state index contributed by atoms with van der Waals surface area (Å²) >= 11 is 0. The lowest BCUT2D eigenvalue weighted by molar-refractivity contribution is 0.506. The Bertz CT molecular complexity index is 121. The third-order valence-electron chi connectivity index (χ3n) is 1.97. The molecule has 63 valence electrons. The van der Waals surface area contributed by atoms with Crippen LogP contribution in [-0.4, -0.2) is 0 Å². The Labute approximate surface area is 71.4 Å². The molecule has 0 fully saturated rings. The molecule has 0 bridgehead atoms. The van der Waals surface area contributed by atoms with Crippen LogP contribution in [0.15, 0.2) is 0 Å². The second kappa shape index (κ2) is 7.66. The highest BCUT2D eigenvalue weighted by molar-refractivity contribution is 4.99. The molecule has 0 aromatic heterocycles. The zero-order chi connectivity index (χ0) is 8.53. The molecule has 0 heterocycles. The fraction of sp³-hybridized carbons (Fsp3) is 0.727. The summed E-state index contributed by atoms with van der Waals surface area (Å²) in [5.41, 5.74) is 0. The van der Waals surface area contributed by atoms with Crippen LogP contribution in [0.1, 0.15) is 46.0 Å². The second-order valence-corrected chi connectivity index (χ2v) is 2.84. The Morgan fingerprint density at radius 2 is 1.82 bits per heavy atom. The van der Waals surface area contributed by atoms with E-state index in [2.05, 4.69) is 32.6 Å². The molecule has 0 aromatic carbocycles. The molecule has 0 heteroatoms. The highest BCUT2D eigenvalue weighted by Gasteiger charge is 1.98. The molecule has 0 aliphatic heterocycles. The fourth-order valence-corrected chi connectivity index (χ4v) is 0.971. The van der Waals surface area contributed by atoms with Crippen molar-refractivity contribution in [3.05, 3.63) is 6.92 Å². The van der Waals surface area contributed by atoms with E-state index in [4.69, 9.17) is 0 Å². The predicted octanol–water partition coefficient (Wildman–Crippen LogP) is 3.43. The summed E-state index contributed by atoms with van der Waals surface area (Å²) in [5, 5.41) is 0. The normalized spacial score (nSPS) is 9.45. The molecule has 0 rings (SSSR count). The number of unbranched alkanes of at least 4 members (excludes halogenated alkanes) is 1. The highest BCUT2D eigenvalue weighted by Crippen LogP contribution is 2.10. The molecule has 0 aromatic rings. The van der Waals surface area contributed by atoms with Gasteiger partial charge in [-0.2, -0.15) is 0 Å². The minimum absolute atomic E-state index is 0.812. The molecule has 0 aliphatic rings. The molecule has 0 saturated carbocycles. The first-order chi connectivity index (χ1) is 5.35. The standard InChI is InChI=1S/C11H19/c1-4-7-8-9-10-11(5-2)6-3/h11H,1,4-7,10H2,2-3H3. The molecule has 0 unspecified atom stereocenters. The summed E-state index contributed by atoms with van der Waals surface area (Å²) in [6.45, 7) is 8.21. The fourth-order valence-electron chi connectivity index (χ4n) is 0.971. The topological polar surface area (TPSA) is 0 Å². The molecule has 1 radical (unpaired) electrons. The average molecular weight is 151 g/mol. The van der Waals surface area contributed by atoms with Gasteiger partial charge in [0.2, 0.25) is 0 Å². The van der Waals surface area contributed by atoms with Crippen molar-refractivity contribution in [3.63, 3.8) is 0 Å². The molecule has 0 spiro atoms. The Morgan fingerprint density at radius 1 is 1.18 bits per heavy atom. The Balaban J connectivity index is 3.43. The van der Waals surface area contributed by atoms with Crippen LogP contribution in [-0.2, 0) is 0 Å². The van der Waals surface area contributed by atoms with E-state index < -0.39 is 0 Å². The Hall–Kier alpha value is -0.440. The van der Waals surface area contributed by atoms with Crippen LogP contribution >= 0.6 is 0 Å². The lowest BCUT2D eigenvalue weighted by atomic mass is 10.00. The maximum absolute atomic E-state index is 3.74. The maximum Gasteiger partial charge on any atom is 0.0117 e. The molecule has 11 heavy (non-hydrogen) atoms. The van der Waals surface area contributed by atoms with Gasteiger partial charge in [-0.25, -0.2) is 0 Å². The SMILES string of the molecule is [CH2]CCC#CCC(CC)CC. The zero-order valence-electron chi connectivity index (χ0n) is 7.82. The van der Waals surface area contributed by atoms with Crippen molar-refractivity contribution in [2.75, 3.05) is 0 Å². The molecule has 0 amide bonds. The number of rotatable bonds is 4. The van der Waals surface area contributed by atoms with Gasteiger partial charge in [0.15, 0.2) is 0 Å². The van der Waals surface area contributed by atoms with E-state index in [1.807, 2.05) is 0 Å². The summed E-state index contributed by atoms with van der Waals surface area (Å²) < 4.78 is 0. The molecular weight excluding hydrogens is 132 g/mol. The summed E-state index contributed by atoms with van der Waals surface area (Å²) in [4.78, 5) is 0. The van der Waals surface area contributed by atoms with Gasteiger partial charge in [0.05, 0.1) is 0 Å². The first-order valence-corrected chi connectivity index (χ1v) is 4.60. The molecule has 0 aliphatic carbocycles. The van der Waals surface area contributed by atoms with Crippen molar-refractivity contribution < 1.29 is 0 Å². The van der Waals surface area contributed by atoms with E-state index in [1.165, 1.54) is 12.8 Å². The third-order valence-corrected chi connectivity index (χ3v) is 1.97. The Kier molecular flexibility index (Phi) is 7.36. The summed E-state index contributed by atoms with van der Waals surface area (Å²) in [7, 11) is 0. The van der Waals surface area contributed by atoms with Crippen molar-refractivity contribution in [1.29, 1.82) is 0 Å². The van der Waals surface area contributed by atoms with E-state index in [0.717, 1.165) is 25.2 Å². The van der Waals surface area contributed by atoms with Crippen LogP contribution in [0.2, 0.25) is 0 Å². The van der Waals surface area contributed by atoms with Gasteiger partial charge in [-0.05, 0) is 12.3 Å². The van der Waals surface area contributed by atoms with Crippen LogP contribution in [0.4, 0.5) is 0 Å². The van der Waals surface area contributed by atoms with Gasteiger partial charge in [-0.1, -0.05) is 33.6 Å².